The third-order valence-electron chi connectivity index (χ3n) is 4.10. The fraction of sp³-hybridized carbons (Fsp3) is 0.158. The van der Waals surface area contributed by atoms with Gasteiger partial charge in [-0.25, -0.2) is 4.68 Å². The van der Waals surface area contributed by atoms with Crippen molar-refractivity contribution in [3.63, 3.8) is 0 Å². The molecule has 0 radical (unpaired) electrons. The highest BCUT2D eigenvalue weighted by molar-refractivity contribution is 6.05. The maximum atomic E-state index is 12.3. The lowest BCUT2D eigenvalue weighted by Gasteiger charge is -2.04. The van der Waals surface area contributed by atoms with E-state index in [1.54, 1.807) is 25.1 Å². The van der Waals surface area contributed by atoms with Gasteiger partial charge in [0, 0.05) is 11.6 Å². The minimum Gasteiger partial charge on any atom is -0.360 e. The van der Waals surface area contributed by atoms with Gasteiger partial charge in [-0.15, -0.1) is 5.10 Å². The van der Waals surface area contributed by atoms with Crippen LogP contribution in [-0.4, -0.2) is 26.1 Å². The van der Waals surface area contributed by atoms with Gasteiger partial charge in [-0.05, 0) is 37.6 Å². The first-order chi connectivity index (χ1) is 12.6. The minimum atomic E-state index is -0.270. The SMILES string of the molecule is Cc1ccc(Cn2nnc3cc(C(=O)Nc4cc(C)on4)ccc32)cc1. The number of nitrogens with one attached hydrogen (secondary N) is 1. The zero-order chi connectivity index (χ0) is 18.1. The topological polar surface area (TPSA) is 85.8 Å². The smallest absolute Gasteiger partial charge is 0.256 e. The van der Waals surface area contributed by atoms with Crippen LogP contribution in [0.2, 0.25) is 0 Å². The lowest BCUT2D eigenvalue weighted by atomic mass is 10.1. The standard InChI is InChI=1S/C19H17N5O2/c1-12-3-5-14(6-4-12)11-24-17-8-7-15(10-16(17)21-23-24)19(25)20-18-9-13(2)26-22-18/h3-10H,11H2,1-2H3,(H,20,22,25). The van der Waals surface area contributed by atoms with Crippen LogP contribution < -0.4 is 5.32 Å². The third-order valence-corrected chi connectivity index (χ3v) is 4.10. The molecule has 26 heavy (non-hydrogen) atoms. The number of rotatable bonds is 4. The summed E-state index contributed by atoms with van der Waals surface area (Å²) in [6.45, 7) is 4.45. The summed E-state index contributed by atoms with van der Waals surface area (Å²) in [5, 5.41) is 14.9. The van der Waals surface area contributed by atoms with E-state index in [2.05, 4.69) is 52.0 Å². The highest BCUT2D eigenvalue weighted by Crippen LogP contribution is 2.17. The van der Waals surface area contributed by atoms with E-state index in [4.69, 9.17) is 4.52 Å². The lowest BCUT2D eigenvalue weighted by Crippen LogP contribution is -2.12. The van der Waals surface area contributed by atoms with Crippen LogP contribution in [0.1, 0.15) is 27.2 Å². The second-order valence-electron chi connectivity index (χ2n) is 6.21. The Labute approximate surface area is 149 Å². The Morgan fingerprint density at radius 2 is 1.92 bits per heavy atom. The van der Waals surface area contributed by atoms with Crippen molar-refractivity contribution in [2.24, 2.45) is 0 Å². The Hall–Kier alpha value is -3.48. The molecule has 0 saturated carbocycles. The molecule has 0 aliphatic heterocycles. The van der Waals surface area contributed by atoms with Crippen molar-refractivity contribution in [2.45, 2.75) is 20.4 Å². The Bertz CT molecular complexity index is 1080. The summed E-state index contributed by atoms with van der Waals surface area (Å²) >= 11 is 0. The molecule has 2 aromatic carbocycles. The molecule has 130 valence electrons. The normalized spacial score (nSPS) is 11.0. The van der Waals surface area contributed by atoms with Gasteiger partial charge in [0.15, 0.2) is 5.82 Å². The van der Waals surface area contributed by atoms with Gasteiger partial charge in [0.2, 0.25) is 0 Å². The van der Waals surface area contributed by atoms with Crippen molar-refractivity contribution < 1.29 is 9.32 Å². The molecule has 0 atom stereocenters. The summed E-state index contributed by atoms with van der Waals surface area (Å²) in [6, 6.07) is 15.3. The molecular formula is C19H17N5O2. The van der Waals surface area contributed by atoms with Gasteiger partial charge in [0.25, 0.3) is 5.91 Å². The van der Waals surface area contributed by atoms with Crippen LogP contribution in [0.4, 0.5) is 5.82 Å². The van der Waals surface area contributed by atoms with Crippen molar-refractivity contribution >= 4 is 22.8 Å². The van der Waals surface area contributed by atoms with E-state index in [0.29, 0.717) is 29.2 Å². The second kappa shape index (κ2) is 6.44. The second-order valence-corrected chi connectivity index (χ2v) is 6.21. The molecule has 0 aliphatic carbocycles. The van der Waals surface area contributed by atoms with E-state index in [1.165, 1.54) is 5.56 Å². The van der Waals surface area contributed by atoms with E-state index in [1.807, 2.05) is 10.7 Å². The van der Waals surface area contributed by atoms with Crippen molar-refractivity contribution in [3.8, 4) is 0 Å². The summed E-state index contributed by atoms with van der Waals surface area (Å²) < 4.78 is 6.77. The minimum absolute atomic E-state index is 0.270. The van der Waals surface area contributed by atoms with E-state index in [9.17, 15) is 4.79 Å². The van der Waals surface area contributed by atoms with E-state index in [-0.39, 0.29) is 5.91 Å². The first kappa shape index (κ1) is 16.0. The van der Waals surface area contributed by atoms with E-state index < -0.39 is 0 Å². The number of hydrogen-bond acceptors (Lipinski definition) is 5. The summed E-state index contributed by atoms with van der Waals surface area (Å²) in [6.07, 6.45) is 0. The van der Waals surface area contributed by atoms with Crippen molar-refractivity contribution in [1.29, 1.82) is 0 Å². The largest absolute Gasteiger partial charge is 0.360 e. The quantitative estimate of drug-likeness (QED) is 0.612. The predicted molar refractivity (Wildman–Crippen MR) is 97.0 cm³/mol. The maximum Gasteiger partial charge on any atom is 0.256 e. The fourth-order valence-corrected chi connectivity index (χ4v) is 2.71. The number of nitrogens with zero attached hydrogens (tertiary/aromatic N) is 4. The summed E-state index contributed by atoms with van der Waals surface area (Å²) in [4.78, 5) is 12.3. The molecular weight excluding hydrogens is 330 g/mol. The highest BCUT2D eigenvalue weighted by Gasteiger charge is 2.12. The van der Waals surface area contributed by atoms with Gasteiger partial charge < -0.3 is 9.84 Å². The number of carbonyl (C=O) groups is 1. The van der Waals surface area contributed by atoms with Gasteiger partial charge in [-0.2, -0.15) is 0 Å². The van der Waals surface area contributed by atoms with Crippen molar-refractivity contribution in [1.82, 2.24) is 20.2 Å². The molecule has 2 heterocycles. The zero-order valence-corrected chi connectivity index (χ0v) is 14.4. The van der Waals surface area contributed by atoms with E-state index >= 15 is 0 Å². The maximum absolute atomic E-state index is 12.3. The molecule has 0 spiro atoms. The molecule has 0 bridgehead atoms. The van der Waals surface area contributed by atoms with Crippen LogP contribution in [0.25, 0.3) is 11.0 Å². The molecule has 7 nitrogen and oxygen atoms in total. The van der Waals surface area contributed by atoms with Crippen LogP contribution in [0.3, 0.4) is 0 Å². The van der Waals surface area contributed by atoms with Crippen LogP contribution in [0, 0.1) is 13.8 Å². The van der Waals surface area contributed by atoms with Crippen LogP contribution in [0.5, 0.6) is 0 Å². The molecule has 0 saturated heterocycles. The summed E-state index contributed by atoms with van der Waals surface area (Å²) in [7, 11) is 0. The zero-order valence-electron chi connectivity index (χ0n) is 14.4. The van der Waals surface area contributed by atoms with Gasteiger partial charge in [0.05, 0.1) is 12.1 Å². The average Bonchev–Trinajstić information content (AvgIpc) is 3.22. The Kier molecular flexibility index (Phi) is 3.96. The Balaban J connectivity index is 1.56. The number of carbonyl (C=O) groups excluding carboxylic acids is 1. The third kappa shape index (κ3) is 3.19. The molecule has 7 heteroatoms. The van der Waals surface area contributed by atoms with Crippen molar-refractivity contribution in [3.05, 3.63) is 71.0 Å². The summed E-state index contributed by atoms with van der Waals surface area (Å²) in [5.41, 5.74) is 4.39. The van der Waals surface area contributed by atoms with Crippen LogP contribution >= 0.6 is 0 Å². The first-order valence-corrected chi connectivity index (χ1v) is 8.22. The van der Waals surface area contributed by atoms with E-state index in [0.717, 1.165) is 11.1 Å². The lowest BCUT2D eigenvalue weighted by molar-refractivity contribution is 0.102. The number of amides is 1. The van der Waals surface area contributed by atoms with Crippen molar-refractivity contribution in [2.75, 3.05) is 5.32 Å². The van der Waals surface area contributed by atoms with Gasteiger partial charge in [-0.3, -0.25) is 4.79 Å². The number of fused-ring (bicyclic) bond motifs is 1. The highest BCUT2D eigenvalue weighted by atomic mass is 16.5. The Morgan fingerprint density at radius 3 is 2.65 bits per heavy atom. The number of aryl methyl sites for hydroxylation is 2. The number of anilines is 1. The van der Waals surface area contributed by atoms with Gasteiger partial charge in [-0.1, -0.05) is 40.2 Å². The number of benzene rings is 2. The molecule has 2 aromatic heterocycles. The summed E-state index contributed by atoms with van der Waals surface area (Å²) in [5.74, 6) is 0.749. The first-order valence-electron chi connectivity index (χ1n) is 8.22. The Morgan fingerprint density at radius 1 is 1.12 bits per heavy atom. The fourth-order valence-electron chi connectivity index (χ4n) is 2.71. The predicted octanol–water partition coefficient (Wildman–Crippen LogP) is 3.34. The monoisotopic (exact) mass is 347 g/mol. The number of hydrogen-bond donors (Lipinski definition) is 1. The molecule has 4 rings (SSSR count). The molecule has 0 unspecified atom stereocenters. The molecule has 1 amide bonds. The average molecular weight is 347 g/mol. The molecule has 4 aromatic rings. The van der Waals surface area contributed by atoms with Crippen LogP contribution in [0.15, 0.2) is 53.1 Å². The molecule has 0 fully saturated rings. The van der Waals surface area contributed by atoms with Gasteiger partial charge in [0.1, 0.15) is 11.3 Å². The molecule has 0 aliphatic rings. The van der Waals surface area contributed by atoms with Gasteiger partial charge >= 0.3 is 0 Å². The molecule has 1 N–H and O–H groups in total. The van der Waals surface area contributed by atoms with Crippen LogP contribution in [-0.2, 0) is 6.54 Å². The number of aromatic nitrogens is 4.